The van der Waals surface area contributed by atoms with Crippen LogP contribution >= 0.6 is 11.3 Å². The van der Waals surface area contributed by atoms with E-state index in [-0.39, 0.29) is 10.7 Å². The van der Waals surface area contributed by atoms with E-state index in [4.69, 9.17) is 0 Å². The van der Waals surface area contributed by atoms with Crippen molar-refractivity contribution in [3.05, 3.63) is 40.9 Å². The highest BCUT2D eigenvalue weighted by Crippen LogP contribution is 2.23. The van der Waals surface area contributed by atoms with Crippen molar-refractivity contribution in [1.29, 1.82) is 0 Å². The maximum atomic E-state index is 12.3. The van der Waals surface area contributed by atoms with Crippen molar-refractivity contribution < 1.29 is 13.2 Å². The summed E-state index contributed by atoms with van der Waals surface area (Å²) in [6, 6.07) is 5.85. The third kappa shape index (κ3) is 3.99. The highest BCUT2D eigenvalue weighted by Gasteiger charge is 2.14. The van der Waals surface area contributed by atoms with E-state index in [2.05, 4.69) is 9.98 Å². The molecule has 0 saturated carbocycles. The first-order valence-electron chi connectivity index (χ1n) is 6.28. The Morgan fingerprint density at radius 3 is 2.45 bits per heavy atom. The summed E-state index contributed by atoms with van der Waals surface area (Å²) in [6.07, 6.45) is 4.20. The highest BCUT2D eigenvalue weighted by molar-refractivity contribution is 7.90. The number of nitrogens with zero attached hydrogens (tertiary/aromatic N) is 3. The van der Waals surface area contributed by atoms with Crippen molar-refractivity contribution in [2.75, 3.05) is 20.4 Å². The normalized spacial score (nSPS) is 11.8. The number of rotatable bonds is 5. The van der Waals surface area contributed by atoms with E-state index < -0.39 is 9.84 Å². The lowest BCUT2D eigenvalue weighted by Gasteiger charge is -2.01. The van der Waals surface area contributed by atoms with Gasteiger partial charge in [-0.3, -0.25) is 4.79 Å². The van der Waals surface area contributed by atoms with E-state index in [1.54, 1.807) is 11.2 Å². The summed E-state index contributed by atoms with van der Waals surface area (Å²) in [4.78, 5) is 22.9. The molecule has 0 spiro atoms. The summed E-state index contributed by atoms with van der Waals surface area (Å²) in [6.45, 7) is 0. The number of carbonyl (C=O) groups excluding carboxylic acids is 1. The van der Waals surface area contributed by atoms with E-state index in [0.29, 0.717) is 15.6 Å². The van der Waals surface area contributed by atoms with Crippen molar-refractivity contribution in [3.63, 3.8) is 0 Å². The zero-order valence-corrected chi connectivity index (χ0v) is 14.0. The molecule has 0 atom stereocenters. The van der Waals surface area contributed by atoms with E-state index >= 15 is 0 Å². The van der Waals surface area contributed by atoms with Gasteiger partial charge in [0.2, 0.25) is 10.9 Å². The molecule has 0 saturated heterocycles. The number of ketones is 1. The molecule has 1 aromatic heterocycles. The molecule has 1 heterocycles. The molecular formula is C14H15N3O3S2. The van der Waals surface area contributed by atoms with Crippen LogP contribution in [0.3, 0.4) is 0 Å². The van der Waals surface area contributed by atoms with Gasteiger partial charge in [-0.05, 0) is 24.3 Å². The molecule has 0 aliphatic heterocycles. The molecule has 1 aromatic carbocycles. The van der Waals surface area contributed by atoms with Crippen molar-refractivity contribution in [2.45, 2.75) is 4.90 Å². The molecule has 2 aromatic rings. The number of thiazole rings is 1. The predicted molar refractivity (Wildman–Crippen MR) is 86.9 cm³/mol. The van der Waals surface area contributed by atoms with Crippen molar-refractivity contribution in [2.24, 2.45) is 4.99 Å². The number of hydrogen-bond acceptors (Lipinski definition) is 6. The summed E-state index contributed by atoms with van der Waals surface area (Å²) in [5, 5.41) is 0.491. The lowest BCUT2D eigenvalue weighted by Crippen LogP contribution is -2.06. The summed E-state index contributed by atoms with van der Waals surface area (Å²) in [5.74, 6) is -0.205. The van der Waals surface area contributed by atoms with Crippen LogP contribution in [-0.2, 0) is 9.84 Å². The van der Waals surface area contributed by atoms with Crippen LogP contribution in [0.15, 0.2) is 40.4 Å². The van der Waals surface area contributed by atoms with E-state index in [0.717, 1.165) is 6.26 Å². The van der Waals surface area contributed by atoms with Crippen LogP contribution in [0, 0.1) is 0 Å². The van der Waals surface area contributed by atoms with Gasteiger partial charge < -0.3 is 4.90 Å². The van der Waals surface area contributed by atoms with E-state index in [9.17, 15) is 13.2 Å². The Balaban J connectivity index is 2.22. The zero-order chi connectivity index (χ0) is 16.3. The first-order chi connectivity index (χ1) is 10.3. The Hall–Kier alpha value is -2.06. The molecule has 0 N–H and O–H groups in total. The molecule has 0 fully saturated rings. The molecule has 8 heteroatoms. The number of aliphatic imine (C=N–C) groups is 1. The van der Waals surface area contributed by atoms with Gasteiger partial charge in [0, 0.05) is 25.9 Å². The van der Waals surface area contributed by atoms with Gasteiger partial charge in [0.1, 0.15) is 0 Å². The fourth-order valence-corrected chi connectivity index (χ4v) is 2.94. The van der Waals surface area contributed by atoms with Crippen LogP contribution in [0.2, 0.25) is 0 Å². The fourth-order valence-electron chi connectivity index (χ4n) is 1.59. The Kier molecular flexibility index (Phi) is 4.72. The molecule has 116 valence electrons. The van der Waals surface area contributed by atoms with Gasteiger partial charge in [0.05, 0.1) is 22.3 Å². The Morgan fingerprint density at radius 2 is 1.91 bits per heavy atom. The monoisotopic (exact) mass is 337 g/mol. The zero-order valence-electron chi connectivity index (χ0n) is 12.3. The first kappa shape index (κ1) is 16.3. The van der Waals surface area contributed by atoms with Crippen LogP contribution in [-0.4, -0.2) is 50.8 Å². The minimum atomic E-state index is -3.27. The second-order valence-corrected chi connectivity index (χ2v) is 7.87. The Morgan fingerprint density at radius 1 is 1.27 bits per heavy atom. The van der Waals surface area contributed by atoms with E-state index in [1.807, 2.05) is 14.1 Å². The quantitative estimate of drug-likeness (QED) is 0.474. The maximum absolute atomic E-state index is 12.3. The van der Waals surface area contributed by atoms with Crippen LogP contribution < -0.4 is 0 Å². The van der Waals surface area contributed by atoms with Crippen LogP contribution in [0.1, 0.15) is 15.2 Å². The standard InChI is InChI=1S/C14H15N3O3S2/c1-17(2)9-16-14-15-8-12(21-14)13(18)10-4-6-11(7-5-10)22(3,19)20/h4-9H,1-3H3/b16-9+. The maximum Gasteiger partial charge on any atom is 0.211 e. The molecule has 0 bridgehead atoms. The van der Waals surface area contributed by atoms with Crippen molar-refractivity contribution in [3.8, 4) is 0 Å². The Labute approximate surface area is 133 Å². The first-order valence-corrected chi connectivity index (χ1v) is 8.99. The van der Waals surface area contributed by atoms with Crippen LogP contribution in [0.5, 0.6) is 0 Å². The third-order valence-corrected chi connectivity index (χ3v) is 4.69. The lowest BCUT2D eigenvalue weighted by molar-refractivity contribution is 0.104. The molecule has 0 aliphatic carbocycles. The lowest BCUT2D eigenvalue weighted by atomic mass is 10.1. The van der Waals surface area contributed by atoms with Crippen molar-refractivity contribution in [1.82, 2.24) is 9.88 Å². The molecule has 0 radical (unpaired) electrons. The third-order valence-electron chi connectivity index (χ3n) is 2.66. The molecule has 22 heavy (non-hydrogen) atoms. The SMILES string of the molecule is CN(C)/C=N/c1ncc(C(=O)c2ccc(S(C)(=O)=O)cc2)s1. The average molecular weight is 337 g/mol. The molecule has 0 unspecified atom stereocenters. The Bertz CT molecular complexity index is 806. The fraction of sp³-hybridized carbons (Fsp3) is 0.214. The second kappa shape index (κ2) is 6.37. The van der Waals surface area contributed by atoms with Gasteiger partial charge in [-0.25, -0.2) is 18.4 Å². The van der Waals surface area contributed by atoms with Gasteiger partial charge in [0.25, 0.3) is 0 Å². The summed E-state index contributed by atoms with van der Waals surface area (Å²) in [7, 11) is 0.413. The van der Waals surface area contributed by atoms with Gasteiger partial charge in [-0.1, -0.05) is 11.3 Å². The number of hydrogen-bond donors (Lipinski definition) is 0. The topological polar surface area (TPSA) is 79.7 Å². The largest absolute Gasteiger partial charge is 0.369 e. The van der Waals surface area contributed by atoms with Crippen LogP contribution in [0.4, 0.5) is 5.13 Å². The molecule has 0 aliphatic rings. The minimum Gasteiger partial charge on any atom is -0.369 e. The average Bonchev–Trinajstić information content (AvgIpc) is 2.92. The van der Waals surface area contributed by atoms with Gasteiger partial charge in [0.15, 0.2) is 9.84 Å². The number of benzene rings is 1. The molecular weight excluding hydrogens is 322 g/mol. The summed E-state index contributed by atoms with van der Waals surface area (Å²) >= 11 is 1.18. The highest BCUT2D eigenvalue weighted by atomic mass is 32.2. The van der Waals surface area contributed by atoms with Gasteiger partial charge in [-0.15, -0.1) is 0 Å². The van der Waals surface area contributed by atoms with Gasteiger partial charge >= 0.3 is 0 Å². The molecule has 2 rings (SSSR count). The number of aromatic nitrogens is 1. The number of sulfone groups is 1. The van der Waals surface area contributed by atoms with Crippen LogP contribution in [0.25, 0.3) is 0 Å². The van der Waals surface area contributed by atoms with Crippen molar-refractivity contribution >= 4 is 38.4 Å². The smallest absolute Gasteiger partial charge is 0.211 e. The van der Waals surface area contributed by atoms with E-state index in [1.165, 1.54) is 41.8 Å². The van der Waals surface area contributed by atoms with Gasteiger partial charge in [-0.2, -0.15) is 0 Å². The number of carbonyl (C=O) groups is 1. The summed E-state index contributed by atoms with van der Waals surface area (Å²) < 4.78 is 22.8. The molecule has 6 nitrogen and oxygen atoms in total. The molecule has 0 amide bonds. The second-order valence-electron chi connectivity index (χ2n) is 4.84. The predicted octanol–water partition coefficient (Wildman–Crippen LogP) is 2.00. The summed E-state index contributed by atoms with van der Waals surface area (Å²) in [5.41, 5.74) is 0.416. The minimum absolute atomic E-state index is 0.185.